The fourth-order valence-electron chi connectivity index (χ4n) is 0.947. The summed E-state index contributed by atoms with van der Waals surface area (Å²) >= 11 is 0. The van der Waals surface area contributed by atoms with Gasteiger partial charge in [-0.15, -0.1) is 0 Å². The van der Waals surface area contributed by atoms with E-state index in [1.165, 1.54) is 0 Å². The highest BCUT2D eigenvalue weighted by molar-refractivity contribution is 6.65. The highest BCUT2D eigenvalue weighted by Crippen LogP contribution is 2.13. The number of nitrogens with two attached hydrogens (primary N) is 1. The maximum Gasteiger partial charge on any atom is 0.335 e. The molecule has 78 valence electrons. The van der Waals surface area contributed by atoms with E-state index in [4.69, 9.17) is 14.6 Å². The van der Waals surface area contributed by atoms with Gasteiger partial charge in [0.25, 0.3) is 0 Å². The minimum absolute atomic E-state index is 0.131. The number of nitrogens with one attached hydrogen (secondary N) is 1. The molecule has 0 radical (unpaired) electrons. The van der Waals surface area contributed by atoms with Crippen LogP contribution >= 0.6 is 0 Å². The molecule has 6 heteroatoms. The maximum atomic E-state index is 10.3. The molecular weight excluding hydrogens is 188 g/mol. The van der Waals surface area contributed by atoms with Gasteiger partial charge >= 0.3 is 14.6 Å². The van der Waals surface area contributed by atoms with Gasteiger partial charge in [0, 0.05) is 7.11 Å². The first-order chi connectivity index (χ1) is 6.04. The van der Waals surface area contributed by atoms with E-state index in [1.807, 2.05) is 6.55 Å². The minimum atomic E-state index is -2.06. The van der Waals surface area contributed by atoms with Crippen molar-refractivity contribution >= 4 is 14.6 Å². The second-order valence-electron chi connectivity index (χ2n) is 2.92. The third-order valence-corrected chi connectivity index (χ3v) is 4.79. The zero-order valence-electron chi connectivity index (χ0n) is 8.42. The topological polar surface area (TPSA) is 73.6 Å². The summed E-state index contributed by atoms with van der Waals surface area (Å²) in [5, 5.41) is 2.37. The van der Waals surface area contributed by atoms with E-state index in [-0.39, 0.29) is 6.73 Å². The van der Waals surface area contributed by atoms with Gasteiger partial charge in [0.15, 0.2) is 0 Å². The van der Waals surface area contributed by atoms with Crippen LogP contribution in [-0.4, -0.2) is 28.4 Å². The summed E-state index contributed by atoms with van der Waals surface area (Å²) in [6, 6.07) is 0.327. The van der Waals surface area contributed by atoms with Crippen LogP contribution in [0.1, 0.15) is 13.3 Å². The lowest BCUT2D eigenvalue weighted by Gasteiger charge is -2.24. The van der Waals surface area contributed by atoms with Crippen LogP contribution in [0.3, 0.4) is 0 Å². The van der Waals surface area contributed by atoms with Crippen LogP contribution in [0.25, 0.3) is 0 Å². The number of rotatable bonds is 6. The minimum Gasteiger partial charge on any atom is -0.398 e. The van der Waals surface area contributed by atoms with Crippen molar-refractivity contribution in [2.75, 3.05) is 13.8 Å². The van der Waals surface area contributed by atoms with Crippen molar-refractivity contribution in [1.82, 2.24) is 5.32 Å². The summed E-state index contributed by atoms with van der Waals surface area (Å²) in [7, 11) is -0.429. The molecule has 0 fully saturated rings. The van der Waals surface area contributed by atoms with Crippen LogP contribution < -0.4 is 11.1 Å². The standard InChI is InChI=1S/C7H18N2O3Si/c1-4-5-13(3,11-2)12-6-9-7(8)10/h4-6H2,1-3H3,(H3,8,9,10). The average molecular weight is 206 g/mol. The third kappa shape index (κ3) is 5.62. The second kappa shape index (κ2) is 5.95. The largest absolute Gasteiger partial charge is 0.398 e. The van der Waals surface area contributed by atoms with Crippen LogP contribution in [0.15, 0.2) is 0 Å². The molecule has 5 nitrogen and oxygen atoms in total. The first-order valence-corrected chi connectivity index (χ1v) is 6.79. The quantitative estimate of drug-likeness (QED) is 0.497. The summed E-state index contributed by atoms with van der Waals surface area (Å²) in [5.41, 5.74) is 4.88. The molecule has 0 aliphatic heterocycles. The van der Waals surface area contributed by atoms with Gasteiger partial charge in [-0.3, -0.25) is 0 Å². The Morgan fingerprint density at radius 2 is 2.23 bits per heavy atom. The van der Waals surface area contributed by atoms with Crippen LogP contribution in [0, 0.1) is 0 Å². The molecule has 0 aromatic rings. The van der Waals surface area contributed by atoms with E-state index < -0.39 is 14.6 Å². The van der Waals surface area contributed by atoms with Crippen LogP contribution in [0.2, 0.25) is 12.6 Å². The van der Waals surface area contributed by atoms with Crippen molar-refractivity contribution in [3.63, 3.8) is 0 Å². The Labute approximate surface area is 79.8 Å². The zero-order chi connectivity index (χ0) is 10.3. The summed E-state index contributed by atoms with van der Waals surface area (Å²) < 4.78 is 10.7. The first-order valence-electron chi connectivity index (χ1n) is 4.26. The van der Waals surface area contributed by atoms with Crippen molar-refractivity contribution in [1.29, 1.82) is 0 Å². The SMILES string of the molecule is CCC[Si](C)(OC)OCNC(N)=O. The molecule has 1 atom stereocenters. The Kier molecular flexibility index (Phi) is 5.68. The van der Waals surface area contributed by atoms with Gasteiger partial charge < -0.3 is 19.9 Å². The lowest BCUT2D eigenvalue weighted by atomic mass is 10.6. The van der Waals surface area contributed by atoms with Gasteiger partial charge in [-0.2, -0.15) is 0 Å². The normalized spacial score (nSPS) is 15.0. The van der Waals surface area contributed by atoms with Crippen LogP contribution in [0.5, 0.6) is 0 Å². The fourth-order valence-corrected chi connectivity index (χ4v) is 2.70. The van der Waals surface area contributed by atoms with Gasteiger partial charge in [-0.05, 0) is 12.6 Å². The monoisotopic (exact) mass is 206 g/mol. The average Bonchev–Trinajstić information content (AvgIpc) is 2.04. The first kappa shape index (κ1) is 12.4. The Morgan fingerprint density at radius 1 is 1.62 bits per heavy atom. The van der Waals surface area contributed by atoms with Gasteiger partial charge in [0.05, 0.1) is 0 Å². The molecule has 0 bridgehead atoms. The highest BCUT2D eigenvalue weighted by atomic mass is 28.4. The third-order valence-electron chi connectivity index (χ3n) is 1.76. The van der Waals surface area contributed by atoms with Crippen molar-refractivity contribution in [3.05, 3.63) is 0 Å². The van der Waals surface area contributed by atoms with Crippen molar-refractivity contribution in [2.24, 2.45) is 5.73 Å². The van der Waals surface area contributed by atoms with E-state index in [2.05, 4.69) is 12.2 Å². The lowest BCUT2D eigenvalue weighted by Crippen LogP contribution is -2.42. The van der Waals surface area contributed by atoms with Gasteiger partial charge in [-0.25, -0.2) is 4.79 Å². The number of hydrogen-bond donors (Lipinski definition) is 2. The van der Waals surface area contributed by atoms with Crippen LogP contribution in [0.4, 0.5) is 4.79 Å². The summed E-state index contributed by atoms with van der Waals surface area (Å²) in [4.78, 5) is 10.3. The van der Waals surface area contributed by atoms with E-state index in [0.29, 0.717) is 0 Å². The van der Waals surface area contributed by atoms with E-state index in [0.717, 1.165) is 12.5 Å². The van der Waals surface area contributed by atoms with Crippen molar-refractivity contribution in [2.45, 2.75) is 25.9 Å². The second-order valence-corrected chi connectivity index (χ2v) is 6.38. The lowest BCUT2D eigenvalue weighted by molar-refractivity contribution is 0.186. The number of urea groups is 1. The molecule has 0 aromatic heterocycles. The smallest absolute Gasteiger partial charge is 0.335 e. The van der Waals surface area contributed by atoms with Gasteiger partial charge in [-0.1, -0.05) is 13.3 Å². The maximum absolute atomic E-state index is 10.3. The number of carbonyl (C=O) groups excluding carboxylic acids is 1. The number of carbonyl (C=O) groups is 1. The molecule has 0 heterocycles. The molecule has 0 aliphatic carbocycles. The molecule has 1 unspecified atom stereocenters. The summed E-state index contributed by atoms with van der Waals surface area (Å²) in [6.45, 7) is 4.15. The zero-order valence-corrected chi connectivity index (χ0v) is 9.42. The summed E-state index contributed by atoms with van der Waals surface area (Å²) in [6.07, 6.45) is 1.01. The van der Waals surface area contributed by atoms with E-state index in [9.17, 15) is 4.79 Å². The predicted molar refractivity (Wildman–Crippen MR) is 52.4 cm³/mol. The Balaban J connectivity index is 3.76. The molecule has 0 rings (SSSR count). The Bertz CT molecular complexity index is 168. The molecule has 0 spiro atoms. The molecule has 2 amide bonds. The molecule has 0 saturated carbocycles. The molecule has 0 aromatic carbocycles. The molecular formula is C7H18N2O3Si. The van der Waals surface area contributed by atoms with E-state index >= 15 is 0 Å². The van der Waals surface area contributed by atoms with Crippen LogP contribution in [-0.2, 0) is 8.85 Å². The van der Waals surface area contributed by atoms with Crippen molar-refractivity contribution < 1.29 is 13.6 Å². The fraction of sp³-hybridized carbons (Fsp3) is 0.857. The number of amides is 2. The number of primary amides is 1. The van der Waals surface area contributed by atoms with Gasteiger partial charge in [0.1, 0.15) is 6.73 Å². The highest BCUT2D eigenvalue weighted by Gasteiger charge is 2.28. The van der Waals surface area contributed by atoms with E-state index in [1.54, 1.807) is 7.11 Å². The number of hydrogen-bond acceptors (Lipinski definition) is 3. The molecule has 3 N–H and O–H groups in total. The van der Waals surface area contributed by atoms with Crippen molar-refractivity contribution in [3.8, 4) is 0 Å². The molecule has 0 saturated heterocycles. The molecule has 0 aliphatic rings. The Morgan fingerprint density at radius 3 is 2.62 bits per heavy atom. The Hall–Kier alpha value is -0.593. The predicted octanol–water partition coefficient (Wildman–Crippen LogP) is 0.757. The molecule has 13 heavy (non-hydrogen) atoms. The van der Waals surface area contributed by atoms with Gasteiger partial charge in [0.2, 0.25) is 0 Å². The summed E-state index contributed by atoms with van der Waals surface area (Å²) in [5.74, 6) is 0.